The second kappa shape index (κ2) is 7.69. The third-order valence-corrected chi connectivity index (χ3v) is 5.65. The third-order valence-electron chi connectivity index (χ3n) is 4.72. The summed E-state index contributed by atoms with van der Waals surface area (Å²) in [7, 11) is 0. The molecule has 0 bridgehead atoms. The van der Waals surface area contributed by atoms with Gasteiger partial charge in [-0.3, -0.25) is 10.4 Å². The zero-order chi connectivity index (χ0) is 19.7. The van der Waals surface area contributed by atoms with E-state index in [4.69, 9.17) is 22.9 Å². The molecule has 7 heteroatoms. The van der Waals surface area contributed by atoms with Crippen LogP contribution < -0.4 is 11.2 Å². The van der Waals surface area contributed by atoms with Crippen LogP contribution in [0.5, 0.6) is 0 Å². The molecule has 28 heavy (non-hydrogen) atoms. The molecular weight excluding hydrogens is 386 g/mol. The van der Waals surface area contributed by atoms with E-state index in [0.717, 1.165) is 22.7 Å². The number of hydrogen-bond donors (Lipinski definition) is 2. The number of hydrogen-bond acceptors (Lipinski definition) is 4. The van der Waals surface area contributed by atoms with Crippen LogP contribution >= 0.6 is 23.6 Å². The van der Waals surface area contributed by atoms with Crippen molar-refractivity contribution >= 4 is 39.6 Å². The van der Waals surface area contributed by atoms with E-state index in [9.17, 15) is 0 Å². The van der Waals surface area contributed by atoms with E-state index < -0.39 is 0 Å². The maximum absolute atomic E-state index is 5.93. The monoisotopic (exact) mass is 407 g/mol. The summed E-state index contributed by atoms with van der Waals surface area (Å²) in [5, 5.41) is 4.84. The lowest BCUT2D eigenvalue weighted by molar-refractivity contribution is 0.333. The van der Waals surface area contributed by atoms with Gasteiger partial charge in [0.15, 0.2) is 5.11 Å². The van der Waals surface area contributed by atoms with Gasteiger partial charge in [-0.1, -0.05) is 59.7 Å². The molecular formula is C21H21N5S2. The lowest BCUT2D eigenvalue weighted by Crippen LogP contribution is -2.43. The zero-order valence-electron chi connectivity index (χ0n) is 15.7. The van der Waals surface area contributed by atoms with Crippen molar-refractivity contribution in [3.8, 4) is 11.3 Å². The van der Waals surface area contributed by atoms with Gasteiger partial charge in [0.05, 0.1) is 11.7 Å². The summed E-state index contributed by atoms with van der Waals surface area (Å²) in [6.07, 6.45) is 0.694. The summed E-state index contributed by atoms with van der Waals surface area (Å²) < 4.78 is 0. The van der Waals surface area contributed by atoms with Crippen molar-refractivity contribution in [3.05, 3.63) is 70.6 Å². The van der Waals surface area contributed by atoms with Crippen molar-refractivity contribution in [1.29, 1.82) is 0 Å². The molecule has 1 aliphatic rings. The van der Waals surface area contributed by atoms with E-state index in [-0.39, 0.29) is 6.04 Å². The number of aryl methyl sites for hydroxylation is 2. The van der Waals surface area contributed by atoms with Gasteiger partial charge >= 0.3 is 0 Å². The van der Waals surface area contributed by atoms with Crippen molar-refractivity contribution in [1.82, 2.24) is 15.4 Å². The molecule has 1 aromatic heterocycles. The Balaban J connectivity index is 1.57. The average molecular weight is 408 g/mol. The largest absolute Gasteiger partial charge is 0.375 e. The molecule has 0 radical (unpaired) electrons. The molecule has 5 nitrogen and oxygen atoms in total. The molecule has 0 unspecified atom stereocenters. The van der Waals surface area contributed by atoms with Crippen LogP contribution in [0.3, 0.4) is 0 Å². The average Bonchev–Trinajstić information content (AvgIpc) is 3.31. The number of thiazole rings is 1. The number of hydrazine groups is 1. The van der Waals surface area contributed by atoms with Crippen LogP contribution in [-0.4, -0.2) is 20.9 Å². The van der Waals surface area contributed by atoms with Crippen molar-refractivity contribution in [3.63, 3.8) is 0 Å². The first-order chi connectivity index (χ1) is 13.5. The molecule has 2 heterocycles. The van der Waals surface area contributed by atoms with Crippen molar-refractivity contribution in [2.45, 2.75) is 26.3 Å². The van der Waals surface area contributed by atoms with Crippen LogP contribution in [0.2, 0.25) is 0 Å². The van der Waals surface area contributed by atoms with Crippen LogP contribution in [-0.2, 0) is 0 Å². The molecule has 2 aromatic carbocycles. The standard InChI is InChI=1S/C21H21N5S2/c1-13-3-7-15(8-4-13)17-12-28-21(23-17)24-19-11-18(26(25-19)20(22)27)16-9-5-14(2)6-10-16/h3-10,12,18H,11H2,1-2H3,(H2,22,27)(H,23,24,25)/t18-/m1/s1. The Bertz CT molecular complexity index is 1020. The molecule has 3 N–H and O–H groups in total. The van der Waals surface area contributed by atoms with Crippen LogP contribution in [0.15, 0.2) is 58.9 Å². The SMILES string of the molecule is Cc1ccc(-c2csc(N=C3C[C@H](c4ccc(C)cc4)N(C(N)=S)N3)n2)cc1. The van der Waals surface area contributed by atoms with Crippen LogP contribution in [0.4, 0.5) is 5.13 Å². The highest BCUT2D eigenvalue weighted by Gasteiger charge is 2.31. The second-order valence-corrected chi connectivity index (χ2v) is 8.15. The third kappa shape index (κ3) is 3.90. The molecule has 1 fully saturated rings. The first-order valence-electron chi connectivity index (χ1n) is 9.01. The Hall–Kier alpha value is -2.77. The van der Waals surface area contributed by atoms with Crippen LogP contribution in [0.25, 0.3) is 11.3 Å². The summed E-state index contributed by atoms with van der Waals surface area (Å²) in [5.41, 5.74) is 14.8. The van der Waals surface area contributed by atoms with E-state index in [1.54, 1.807) is 5.01 Å². The molecule has 3 aromatic rings. The minimum Gasteiger partial charge on any atom is -0.375 e. The predicted molar refractivity (Wildman–Crippen MR) is 120 cm³/mol. The number of aliphatic imine (C=N–C) groups is 1. The normalized spacial score (nSPS) is 17.7. The lowest BCUT2D eigenvalue weighted by Gasteiger charge is -2.24. The van der Waals surface area contributed by atoms with Gasteiger partial charge in [0.25, 0.3) is 0 Å². The molecule has 1 aliphatic heterocycles. The lowest BCUT2D eigenvalue weighted by atomic mass is 10.0. The Morgan fingerprint density at radius 2 is 1.79 bits per heavy atom. The maximum Gasteiger partial charge on any atom is 0.211 e. The van der Waals surface area contributed by atoms with E-state index in [2.05, 4.69) is 72.8 Å². The summed E-state index contributed by atoms with van der Waals surface area (Å²) in [6, 6.07) is 16.8. The first kappa shape index (κ1) is 18.6. The number of thiocarbonyl (C=S) groups is 1. The summed E-state index contributed by atoms with van der Waals surface area (Å²) in [4.78, 5) is 9.37. The topological polar surface area (TPSA) is 66.5 Å². The smallest absolute Gasteiger partial charge is 0.211 e. The molecule has 4 rings (SSSR count). The van der Waals surface area contributed by atoms with Crippen LogP contribution in [0.1, 0.15) is 29.2 Å². The highest BCUT2D eigenvalue weighted by Crippen LogP contribution is 2.31. The number of nitrogens with two attached hydrogens (primary N) is 1. The van der Waals surface area contributed by atoms with Gasteiger partial charge in [-0.25, -0.2) is 9.98 Å². The first-order valence-corrected chi connectivity index (χ1v) is 10.3. The summed E-state index contributed by atoms with van der Waals surface area (Å²) >= 11 is 6.75. The molecule has 1 saturated heterocycles. The Labute approximate surface area is 173 Å². The molecule has 0 saturated carbocycles. The van der Waals surface area contributed by atoms with Gasteiger partial charge in [-0.2, -0.15) is 0 Å². The van der Waals surface area contributed by atoms with Gasteiger partial charge in [0.1, 0.15) is 5.84 Å². The van der Waals surface area contributed by atoms with Gasteiger partial charge in [0.2, 0.25) is 5.13 Å². The Morgan fingerprint density at radius 1 is 1.14 bits per heavy atom. The van der Waals surface area contributed by atoms with E-state index in [1.165, 1.54) is 22.5 Å². The number of aromatic nitrogens is 1. The van der Waals surface area contributed by atoms with Crippen LogP contribution in [0, 0.1) is 13.8 Å². The van der Waals surface area contributed by atoms with Crippen molar-refractivity contribution in [2.24, 2.45) is 10.7 Å². The fourth-order valence-corrected chi connectivity index (χ4v) is 4.05. The number of amidine groups is 1. The second-order valence-electron chi connectivity index (χ2n) is 6.89. The molecule has 0 amide bonds. The van der Waals surface area contributed by atoms with Gasteiger partial charge < -0.3 is 5.73 Å². The van der Waals surface area contributed by atoms with Crippen molar-refractivity contribution in [2.75, 3.05) is 0 Å². The number of nitrogens with one attached hydrogen (secondary N) is 1. The fourth-order valence-electron chi connectivity index (χ4n) is 3.16. The fraction of sp³-hybridized carbons (Fsp3) is 0.190. The highest BCUT2D eigenvalue weighted by molar-refractivity contribution is 7.80. The minimum absolute atomic E-state index is 0.0216. The maximum atomic E-state index is 5.93. The highest BCUT2D eigenvalue weighted by atomic mass is 32.1. The minimum atomic E-state index is 0.0216. The molecule has 142 valence electrons. The molecule has 1 atom stereocenters. The quantitative estimate of drug-likeness (QED) is 0.619. The zero-order valence-corrected chi connectivity index (χ0v) is 17.3. The van der Waals surface area contributed by atoms with E-state index in [1.807, 2.05) is 5.38 Å². The Morgan fingerprint density at radius 3 is 2.43 bits per heavy atom. The molecule has 0 aliphatic carbocycles. The van der Waals surface area contributed by atoms with E-state index >= 15 is 0 Å². The van der Waals surface area contributed by atoms with Gasteiger partial charge in [-0.15, -0.1) is 11.3 Å². The van der Waals surface area contributed by atoms with Gasteiger partial charge in [0, 0.05) is 17.4 Å². The summed E-state index contributed by atoms with van der Waals surface area (Å²) in [6.45, 7) is 4.15. The van der Waals surface area contributed by atoms with E-state index in [0.29, 0.717) is 16.7 Å². The van der Waals surface area contributed by atoms with Crippen molar-refractivity contribution < 1.29 is 0 Å². The summed E-state index contributed by atoms with van der Waals surface area (Å²) in [5.74, 6) is 0.809. The Kier molecular flexibility index (Phi) is 5.11. The number of benzene rings is 2. The predicted octanol–water partition coefficient (Wildman–Crippen LogP) is 4.65. The molecule has 0 spiro atoms. The number of rotatable bonds is 3. The van der Waals surface area contributed by atoms with Gasteiger partial charge in [-0.05, 0) is 31.6 Å². The number of nitrogens with zero attached hydrogens (tertiary/aromatic N) is 3.